The molecule has 0 radical (unpaired) electrons. The lowest BCUT2D eigenvalue weighted by Gasteiger charge is -2.14. The van der Waals surface area contributed by atoms with Crippen molar-refractivity contribution in [3.8, 4) is 5.75 Å². The number of ether oxygens (including phenoxy) is 1. The van der Waals surface area contributed by atoms with Gasteiger partial charge in [-0.25, -0.2) is 4.98 Å². The number of nitro benzene ring substituents is 1. The minimum absolute atomic E-state index is 0.0615. The predicted octanol–water partition coefficient (Wildman–Crippen LogP) is 4.09. The average molecular weight is 581 g/mol. The van der Waals surface area contributed by atoms with Gasteiger partial charge >= 0.3 is 5.69 Å². The molecule has 0 aliphatic heterocycles. The Morgan fingerprint density at radius 2 is 2.09 bits per heavy atom. The zero-order valence-corrected chi connectivity index (χ0v) is 20.8. The van der Waals surface area contributed by atoms with E-state index < -0.39 is 17.4 Å². The van der Waals surface area contributed by atoms with Crippen LogP contribution in [0, 0.1) is 10.1 Å². The Kier molecular flexibility index (Phi) is 7.59. The van der Waals surface area contributed by atoms with E-state index in [9.17, 15) is 19.7 Å². The normalized spacial score (nSPS) is 12.2. The van der Waals surface area contributed by atoms with Gasteiger partial charge in [0.25, 0.3) is 11.5 Å². The Bertz CT molecular complexity index is 1340. The number of carbonyl (C=O) groups excluding carboxylic acids is 1. The smallest absolute Gasteiger partial charge is 0.312 e. The second kappa shape index (κ2) is 10.2. The third kappa shape index (κ3) is 5.45. The van der Waals surface area contributed by atoms with Crippen molar-refractivity contribution < 1.29 is 14.5 Å². The van der Waals surface area contributed by atoms with Gasteiger partial charge in [0.15, 0.2) is 6.61 Å². The summed E-state index contributed by atoms with van der Waals surface area (Å²) in [6, 6.07) is 7.98. The Balaban J connectivity index is 2.13. The van der Waals surface area contributed by atoms with Gasteiger partial charge in [-0.05, 0) is 46.6 Å². The summed E-state index contributed by atoms with van der Waals surface area (Å²) in [5.74, 6) is -0.489. The van der Waals surface area contributed by atoms with Crippen molar-refractivity contribution in [2.24, 2.45) is 10.8 Å². The van der Waals surface area contributed by atoms with Crippen molar-refractivity contribution in [1.29, 1.82) is 0 Å². The number of benzene rings is 2. The standard InChI is InChI=1S/C21H19Br2N5O5/c1-3-11(2)20-26-16-5-4-13(22)8-14(16)21(30)27(20)25-9-12-6-15(23)19(33-10-18(24)29)17(7-12)28(31)32/h4-9,11H,3,10H2,1-2H3,(H2,24,29)/t11-/m1/s1. The molecule has 0 bridgehead atoms. The molecule has 2 N–H and O–H groups in total. The van der Waals surface area contributed by atoms with Crippen LogP contribution in [0.1, 0.15) is 37.6 Å². The van der Waals surface area contributed by atoms with Crippen molar-refractivity contribution in [2.45, 2.75) is 26.2 Å². The molecule has 0 fully saturated rings. The molecule has 1 atom stereocenters. The maximum atomic E-state index is 13.2. The van der Waals surface area contributed by atoms with Crippen molar-refractivity contribution in [3.05, 3.63) is 71.1 Å². The van der Waals surface area contributed by atoms with E-state index in [-0.39, 0.29) is 27.4 Å². The molecule has 1 amide bonds. The van der Waals surface area contributed by atoms with Crippen LogP contribution in [0.2, 0.25) is 0 Å². The number of nitro groups is 1. The fourth-order valence-electron chi connectivity index (χ4n) is 3.00. The number of rotatable bonds is 8. The molecule has 0 aliphatic carbocycles. The predicted molar refractivity (Wildman–Crippen MR) is 131 cm³/mol. The lowest BCUT2D eigenvalue weighted by atomic mass is 10.1. The van der Waals surface area contributed by atoms with Gasteiger partial charge in [-0.2, -0.15) is 9.78 Å². The van der Waals surface area contributed by atoms with E-state index >= 15 is 0 Å². The summed E-state index contributed by atoms with van der Waals surface area (Å²) in [4.78, 5) is 39.7. The molecule has 0 unspecified atom stereocenters. The summed E-state index contributed by atoms with van der Waals surface area (Å²) < 4.78 is 7.34. The molecule has 2 aromatic carbocycles. The van der Waals surface area contributed by atoms with Crippen LogP contribution in [0.25, 0.3) is 10.9 Å². The lowest BCUT2D eigenvalue weighted by molar-refractivity contribution is -0.385. The number of hydrogen-bond donors (Lipinski definition) is 1. The van der Waals surface area contributed by atoms with Crippen LogP contribution in [0.3, 0.4) is 0 Å². The summed E-state index contributed by atoms with van der Waals surface area (Å²) in [6.45, 7) is 3.39. The highest BCUT2D eigenvalue weighted by Crippen LogP contribution is 2.36. The molecule has 0 saturated carbocycles. The van der Waals surface area contributed by atoms with Crippen LogP contribution in [0.15, 0.2) is 49.2 Å². The van der Waals surface area contributed by atoms with Gasteiger partial charge in [-0.15, -0.1) is 0 Å². The van der Waals surface area contributed by atoms with Crippen LogP contribution in [-0.2, 0) is 4.79 Å². The fraction of sp³-hybridized carbons (Fsp3) is 0.238. The summed E-state index contributed by atoms with van der Waals surface area (Å²) >= 11 is 6.58. The van der Waals surface area contributed by atoms with Gasteiger partial charge in [0.2, 0.25) is 5.75 Å². The van der Waals surface area contributed by atoms with Crippen LogP contribution in [0.5, 0.6) is 5.75 Å². The SMILES string of the molecule is CC[C@@H](C)c1nc2ccc(Br)cc2c(=O)n1N=Cc1cc(Br)c(OCC(N)=O)c([N+](=O)[O-])c1. The molecule has 0 aliphatic rings. The zero-order valence-electron chi connectivity index (χ0n) is 17.6. The summed E-state index contributed by atoms with van der Waals surface area (Å²) in [5, 5.41) is 16.2. The maximum absolute atomic E-state index is 13.2. The van der Waals surface area contributed by atoms with E-state index in [4.69, 9.17) is 10.5 Å². The molecule has 0 spiro atoms. The first-order chi connectivity index (χ1) is 15.6. The topological polar surface area (TPSA) is 143 Å². The van der Waals surface area contributed by atoms with Crippen LogP contribution < -0.4 is 16.0 Å². The number of amides is 1. The molecular weight excluding hydrogens is 562 g/mol. The highest BCUT2D eigenvalue weighted by molar-refractivity contribution is 9.10. The lowest BCUT2D eigenvalue weighted by Crippen LogP contribution is -2.23. The molecule has 0 saturated heterocycles. The van der Waals surface area contributed by atoms with E-state index in [0.717, 1.165) is 10.9 Å². The minimum atomic E-state index is -0.769. The summed E-state index contributed by atoms with van der Waals surface area (Å²) in [7, 11) is 0. The largest absolute Gasteiger partial charge is 0.476 e. The molecule has 12 heteroatoms. The first kappa shape index (κ1) is 24.5. The van der Waals surface area contributed by atoms with E-state index in [1.54, 1.807) is 18.2 Å². The third-order valence-corrected chi connectivity index (χ3v) is 5.89. The average Bonchev–Trinajstić information content (AvgIpc) is 2.76. The quantitative estimate of drug-likeness (QED) is 0.241. The number of halogens is 2. The van der Waals surface area contributed by atoms with Gasteiger partial charge < -0.3 is 10.5 Å². The van der Waals surface area contributed by atoms with E-state index in [0.29, 0.717) is 22.3 Å². The van der Waals surface area contributed by atoms with E-state index in [1.807, 2.05) is 13.8 Å². The molecule has 10 nitrogen and oxygen atoms in total. The Morgan fingerprint density at radius 1 is 1.36 bits per heavy atom. The highest BCUT2D eigenvalue weighted by atomic mass is 79.9. The molecular formula is C21H19Br2N5O5. The minimum Gasteiger partial charge on any atom is -0.476 e. The first-order valence-electron chi connectivity index (χ1n) is 9.78. The second-order valence-corrected chi connectivity index (χ2v) is 8.94. The zero-order chi connectivity index (χ0) is 24.3. The van der Waals surface area contributed by atoms with Crippen LogP contribution in [0.4, 0.5) is 5.69 Å². The summed E-state index contributed by atoms with van der Waals surface area (Å²) in [6.07, 6.45) is 2.06. The second-order valence-electron chi connectivity index (χ2n) is 7.17. The van der Waals surface area contributed by atoms with Crippen LogP contribution >= 0.6 is 31.9 Å². The molecule has 1 heterocycles. The fourth-order valence-corrected chi connectivity index (χ4v) is 3.94. The van der Waals surface area contributed by atoms with Gasteiger partial charge in [-0.1, -0.05) is 29.8 Å². The Hall–Kier alpha value is -3.12. The van der Waals surface area contributed by atoms with Crippen molar-refractivity contribution in [2.75, 3.05) is 6.61 Å². The third-order valence-electron chi connectivity index (χ3n) is 4.81. The number of hydrogen-bond acceptors (Lipinski definition) is 7. The molecule has 3 aromatic rings. The summed E-state index contributed by atoms with van der Waals surface area (Å²) in [5.41, 5.74) is 5.20. The number of aromatic nitrogens is 2. The van der Waals surface area contributed by atoms with Crippen LogP contribution in [-0.4, -0.2) is 33.3 Å². The Morgan fingerprint density at radius 3 is 2.73 bits per heavy atom. The molecule has 33 heavy (non-hydrogen) atoms. The highest BCUT2D eigenvalue weighted by Gasteiger charge is 2.21. The monoisotopic (exact) mass is 579 g/mol. The van der Waals surface area contributed by atoms with Gasteiger partial charge in [0, 0.05) is 22.0 Å². The van der Waals surface area contributed by atoms with E-state index in [2.05, 4.69) is 41.9 Å². The number of nitrogens with zero attached hydrogens (tertiary/aromatic N) is 4. The molecule has 1 aromatic heterocycles. The Labute approximate surface area is 204 Å². The van der Waals surface area contributed by atoms with Crippen molar-refractivity contribution in [1.82, 2.24) is 9.66 Å². The van der Waals surface area contributed by atoms with Crippen molar-refractivity contribution in [3.63, 3.8) is 0 Å². The van der Waals surface area contributed by atoms with E-state index in [1.165, 1.54) is 23.0 Å². The van der Waals surface area contributed by atoms with Gasteiger partial charge in [0.05, 0.1) is 26.5 Å². The first-order valence-corrected chi connectivity index (χ1v) is 11.4. The van der Waals surface area contributed by atoms with Gasteiger partial charge in [0.1, 0.15) is 5.82 Å². The number of carbonyl (C=O) groups is 1. The number of primary amides is 1. The van der Waals surface area contributed by atoms with Gasteiger partial charge in [-0.3, -0.25) is 19.7 Å². The van der Waals surface area contributed by atoms with Crippen molar-refractivity contribution >= 4 is 60.6 Å². The molecule has 172 valence electrons. The molecule has 3 rings (SSSR count). The number of fused-ring (bicyclic) bond motifs is 1. The number of nitrogens with two attached hydrogens (primary N) is 1. The maximum Gasteiger partial charge on any atom is 0.312 e.